The van der Waals surface area contributed by atoms with E-state index >= 15 is 0 Å². The van der Waals surface area contributed by atoms with Gasteiger partial charge in [-0.05, 0) is 12.8 Å². The van der Waals surface area contributed by atoms with Crippen LogP contribution in [0.5, 0.6) is 0 Å². The van der Waals surface area contributed by atoms with Crippen LogP contribution in [0.15, 0.2) is 0 Å². The molecule has 1 heterocycles. The van der Waals surface area contributed by atoms with Crippen molar-refractivity contribution in [3.05, 3.63) is 5.32 Å². The van der Waals surface area contributed by atoms with Gasteiger partial charge in [0.1, 0.15) is 20.4 Å². The molecule has 1 atom stereocenters. The summed E-state index contributed by atoms with van der Waals surface area (Å²) in [4.78, 5) is 40.8. The van der Waals surface area contributed by atoms with E-state index in [1.807, 2.05) is 74.3 Å². The average molecular weight is 671 g/mol. The van der Waals surface area contributed by atoms with Gasteiger partial charge in [-0.2, -0.15) is 11.6 Å². The summed E-state index contributed by atoms with van der Waals surface area (Å²) in [5.41, 5.74) is 0. The third-order valence-corrected chi connectivity index (χ3v) is 5.28. The van der Waals surface area contributed by atoms with E-state index in [-0.39, 0.29) is 35.7 Å². The molecule has 1 N–H and O–H groups in total. The number of nitrogens with zero attached hydrogens (tertiary/aromatic N) is 3. The predicted octanol–water partition coefficient (Wildman–Crippen LogP) is 4.70. The van der Waals surface area contributed by atoms with Gasteiger partial charge < -0.3 is 34.5 Å². The van der Waals surface area contributed by atoms with Gasteiger partial charge in [0.25, 0.3) is 0 Å². The molecular formula is C31H71ClN3NaO6P-. The molecule has 0 aromatic carbocycles. The number of unbranched alkanes of at least 4 members (excludes halogenated alkanes) is 3. The quantitative estimate of drug-likeness (QED) is 0.0845. The maximum atomic E-state index is 11.0. The van der Waals surface area contributed by atoms with Gasteiger partial charge in [0.2, 0.25) is 5.91 Å². The van der Waals surface area contributed by atoms with E-state index in [0.29, 0.717) is 12.5 Å². The first-order valence-corrected chi connectivity index (χ1v) is 18.5. The molecule has 43 heavy (non-hydrogen) atoms. The molecular weight excluding hydrogens is 600 g/mol. The Kier molecular flexibility index (Phi) is 83.0. The molecule has 0 bridgehead atoms. The zero-order chi connectivity index (χ0) is 34.8. The summed E-state index contributed by atoms with van der Waals surface area (Å²) in [5, 5.41) is 14.3. The Labute approximate surface area is 295 Å². The van der Waals surface area contributed by atoms with E-state index < -0.39 is 13.7 Å². The van der Waals surface area contributed by atoms with Crippen molar-refractivity contribution in [3.8, 4) is 0 Å². The Balaban J connectivity index is -0.0000000589. The molecule has 1 saturated heterocycles. The number of amides is 2. The summed E-state index contributed by atoms with van der Waals surface area (Å²) < 4.78 is 10.8. The minimum absolute atomic E-state index is 0. The van der Waals surface area contributed by atoms with Crippen molar-refractivity contribution in [2.75, 3.05) is 45.3 Å². The average Bonchev–Trinajstić information content (AvgIpc) is 3.41. The predicted molar refractivity (Wildman–Crippen MR) is 182 cm³/mol. The molecule has 2 amide bonds. The molecule has 1 aliphatic heterocycles. The number of carbonyl (C=O) groups excluding carboxylic acids is 2. The molecule has 12 heteroatoms. The Bertz CT molecular complexity index is 580. The van der Waals surface area contributed by atoms with Crippen LogP contribution in [-0.4, -0.2) is 77.9 Å². The number of carboxylic acid groups (broad SMARTS) is 1. The molecule has 1 fully saturated rings. The molecule has 0 aromatic rings. The topological polar surface area (TPSA) is 138 Å². The van der Waals surface area contributed by atoms with Crippen LogP contribution in [0.1, 0.15) is 141 Å². The molecule has 1 unspecified atom stereocenters. The third kappa shape index (κ3) is 69.9. The number of carbonyl (C=O) groups is 2. The zero-order valence-corrected chi connectivity index (χ0v) is 34.5. The second-order valence-corrected chi connectivity index (χ2v) is 10.3. The normalized spacial score (nSPS) is 12.1. The van der Waals surface area contributed by atoms with Crippen molar-refractivity contribution < 1.29 is 63.2 Å². The molecule has 1 rings (SSSR count). The van der Waals surface area contributed by atoms with Gasteiger partial charge in [-0.25, -0.2) is 0 Å². The van der Waals surface area contributed by atoms with Gasteiger partial charge in [-0.1, -0.05) is 109 Å². The van der Waals surface area contributed by atoms with Crippen molar-refractivity contribution in [1.82, 2.24) is 4.90 Å². The van der Waals surface area contributed by atoms with Crippen molar-refractivity contribution in [1.29, 1.82) is 0 Å². The number of hydrogen-bond acceptors (Lipinski definition) is 5. The largest absolute Gasteiger partial charge is 1.00 e. The van der Waals surface area contributed by atoms with E-state index in [1.165, 1.54) is 30.8 Å². The standard InChI is InChI=1S/C8H15NO2.C8H15NO.C5H12N.C2H5Cl.C2H7O3P.3C2H6.Na/c1-3-5-7-9(6-4-2)8(10)11;1-2-3-6-9-7-4-5-8(9)10;1-3-4-5-6-2;1-2-3;1-2-6(3,4)5;3*1-2;/h6H,3-5,7H2,1-2H3;2-7H2,1H3;3-5H2,1-2H3;2H2,1H3;2H2,1H3,(H2,3,4,5);3*1-2H3;/q;;-1;;;;;;+1/p-1/b9-6-;;;;;;;;. The Morgan fingerprint density at radius 2 is 1.42 bits per heavy atom. The second kappa shape index (κ2) is 57.6. The van der Waals surface area contributed by atoms with E-state index in [0.717, 1.165) is 64.0 Å². The van der Waals surface area contributed by atoms with Crippen LogP contribution in [0.2, 0.25) is 0 Å². The van der Waals surface area contributed by atoms with Crippen LogP contribution in [0.25, 0.3) is 5.32 Å². The summed E-state index contributed by atoms with van der Waals surface area (Å²) in [6.07, 6.45) is 9.71. The second-order valence-electron chi connectivity index (χ2n) is 7.86. The fourth-order valence-electron chi connectivity index (χ4n) is 2.41. The zero-order valence-electron chi connectivity index (χ0n) is 30.8. The molecule has 0 saturated carbocycles. The molecule has 0 aliphatic carbocycles. The Hall–Kier alpha value is 0.0100. The van der Waals surface area contributed by atoms with E-state index in [1.54, 1.807) is 6.21 Å². The minimum atomic E-state index is -3.90. The fourth-order valence-corrected chi connectivity index (χ4v) is 2.41. The summed E-state index contributed by atoms with van der Waals surface area (Å²) in [6, 6.07) is 0. The summed E-state index contributed by atoms with van der Waals surface area (Å²) in [5.74, 6) is 1.08. The molecule has 0 spiro atoms. The number of rotatable bonds is 11. The number of likely N-dealkylation sites (tertiary alicyclic amines) is 1. The van der Waals surface area contributed by atoms with Gasteiger partial charge >= 0.3 is 35.7 Å². The summed E-state index contributed by atoms with van der Waals surface area (Å²) in [7, 11) is -2.04. The van der Waals surface area contributed by atoms with Crippen LogP contribution >= 0.6 is 19.2 Å². The maximum Gasteiger partial charge on any atom is 1.00 e. The maximum absolute atomic E-state index is 11.0. The molecule has 260 valence electrons. The van der Waals surface area contributed by atoms with E-state index in [4.69, 9.17) is 16.5 Å². The molecule has 0 radical (unpaired) electrons. The van der Waals surface area contributed by atoms with Crippen LogP contribution < -0.4 is 39.6 Å². The Morgan fingerprint density at radius 3 is 1.65 bits per heavy atom. The van der Waals surface area contributed by atoms with Crippen LogP contribution in [0.4, 0.5) is 4.79 Å². The summed E-state index contributed by atoms with van der Waals surface area (Å²) >= 11 is 5.00. The molecule has 9 nitrogen and oxygen atoms in total. The SMILES string of the molecule is CC.CC.CC.CC/C=[N+](/CCCC)C(=O)[O-].CCCCN1CCCC1=O.CCCC[N-]C.CCCl.CCP(=O)([O-])O.[Na+]. The van der Waals surface area contributed by atoms with Crippen LogP contribution in [0.3, 0.4) is 0 Å². The van der Waals surface area contributed by atoms with E-state index in [9.17, 15) is 24.2 Å². The molecule has 0 aromatic heterocycles. The smallest absolute Gasteiger partial charge is 0.779 e. The summed E-state index contributed by atoms with van der Waals surface area (Å²) in [6.45, 7) is 27.1. The first-order valence-electron chi connectivity index (χ1n) is 16.2. The molecule has 1 aliphatic rings. The van der Waals surface area contributed by atoms with Crippen molar-refractivity contribution in [2.24, 2.45) is 0 Å². The Morgan fingerprint density at radius 1 is 1.00 bits per heavy atom. The van der Waals surface area contributed by atoms with Crippen LogP contribution in [-0.2, 0) is 9.36 Å². The first kappa shape index (κ1) is 61.9. The van der Waals surface area contributed by atoms with Gasteiger partial charge in [0.15, 0.2) is 0 Å². The van der Waals surface area contributed by atoms with Gasteiger partial charge in [-0.15, -0.1) is 18.1 Å². The third-order valence-electron chi connectivity index (χ3n) is 4.48. The number of halogens is 1. The number of alkyl halides is 1. The van der Waals surface area contributed by atoms with E-state index in [2.05, 4.69) is 19.2 Å². The van der Waals surface area contributed by atoms with Crippen molar-refractivity contribution >= 4 is 37.4 Å². The van der Waals surface area contributed by atoms with Crippen LogP contribution in [0, 0.1) is 0 Å². The van der Waals surface area contributed by atoms with Crippen molar-refractivity contribution in [2.45, 2.75) is 141 Å². The minimum Gasteiger partial charge on any atom is -0.779 e. The van der Waals surface area contributed by atoms with Gasteiger partial charge in [0, 0.05) is 44.4 Å². The van der Waals surface area contributed by atoms with Crippen molar-refractivity contribution in [3.63, 3.8) is 0 Å². The van der Waals surface area contributed by atoms with Gasteiger partial charge in [0.05, 0.1) is 0 Å². The first-order chi connectivity index (χ1) is 20.0. The van der Waals surface area contributed by atoms with Gasteiger partial charge in [-0.3, -0.25) is 4.79 Å². The monoisotopic (exact) mass is 670 g/mol. The fraction of sp³-hybridized carbons (Fsp3) is 0.903. The number of hydrogen-bond donors (Lipinski definition) is 1.